The molecule has 1 fully saturated rings. The molecule has 1 aliphatic heterocycles. The summed E-state index contributed by atoms with van der Waals surface area (Å²) in [6.45, 7) is 2.33. The third kappa shape index (κ3) is 4.30. The van der Waals surface area contributed by atoms with Crippen LogP contribution in [0.15, 0.2) is 35.8 Å². The van der Waals surface area contributed by atoms with E-state index < -0.39 is 0 Å². The van der Waals surface area contributed by atoms with E-state index in [0.29, 0.717) is 17.6 Å². The van der Waals surface area contributed by atoms with Crippen molar-refractivity contribution in [2.24, 2.45) is 0 Å². The van der Waals surface area contributed by atoms with Crippen LogP contribution in [0.2, 0.25) is 0 Å². The zero-order valence-corrected chi connectivity index (χ0v) is 14.0. The van der Waals surface area contributed by atoms with E-state index in [9.17, 15) is 4.79 Å². The summed E-state index contributed by atoms with van der Waals surface area (Å²) in [6, 6.07) is 8.33. The van der Waals surface area contributed by atoms with Crippen molar-refractivity contribution in [1.82, 2.24) is 9.88 Å². The van der Waals surface area contributed by atoms with Gasteiger partial charge in [0.05, 0.1) is 13.7 Å². The molecule has 2 heterocycles. The number of anilines is 1. The minimum Gasteiger partial charge on any atom is -0.497 e. The van der Waals surface area contributed by atoms with Crippen LogP contribution in [0.1, 0.15) is 24.3 Å². The second-order valence-electron chi connectivity index (χ2n) is 5.71. The Morgan fingerprint density at radius 1 is 1.35 bits per heavy atom. The van der Waals surface area contributed by atoms with E-state index in [0.717, 1.165) is 31.7 Å². The molecule has 0 bridgehead atoms. The van der Waals surface area contributed by atoms with Crippen molar-refractivity contribution in [3.05, 3.63) is 41.4 Å². The normalized spacial score (nSPS) is 16.2. The molecule has 1 aromatic heterocycles. The Morgan fingerprint density at radius 3 is 2.70 bits per heavy atom. The molecule has 3 rings (SSSR count). The highest BCUT2D eigenvalue weighted by Crippen LogP contribution is 2.29. The number of hydrogen-bond acceptors (Lipinski definition) is 5. The second kappa shape index (κ2) is 7.57. The molecule has 1 aliphatic rings. The van der Waals surface area contributed by atoms with Crippen LogP contribution >= 0.6 is 11.3 Å². The first-order valence-electron chi connectivity index (χ1n) is 7.80. The summed E-state index contributed by atoms with van der Waals surface area (Å²) in [6.07, 6.45) is 3.86. The molecule has 1 amide bonds. The number of thiazole rings is 1. The Hall–Kier alpha value is -1.92. The van der Waals surface area contributed by atoms with Crippen LogP contribution < -0.4 is 10.1 Å². The lowest BCUT2D eigenvalue weighted by Crippen LogP contribution is -2.38. The van der Waals surface area contributed by atoms with Gasteiger partial charge in [0.2, 0.25) is 5.91 Å². The molecule has 0 aliphatic carbocycles. The van der Waals surface area contributed by atoms with Gasteiger partial charge in [-0.3, -0.25) is 9.69 Å². The van der Waals surface area contributed by atoms with Crippen molar-refractivity contribution in [2.75, 3.05) is 32.1 Å². The van der Waals surface area contributed by atoms with Gasteiger partial charge in [0.25, 0.3) is 0 Å². The third-order valence-electron chi connectivity index (χ3n) is 4.22. The van der Waals surface area contributed by atoms with E-state index in [-0.39, 0.29) is 5.91 Å². The van der Waals surface area contributed by atoms with E-state index in [4.69, 9.17) is 4.74 Å². The number of nitrogens with zero attached hydrogens (tertiary/aromatic N) is 2. The van der Waals surface area contributed by atoms with Gasteiger partial charge in [0.1, 0.15) is 5.75 Å². The minimum atomic E-state index is 0.0165. The Kier molecular flexibility index (Phi) is 5.25. The van der Waals surface area contributed by atoms with Crippen LogP contribution in [0.25, 0.3) is 0 Å². The highest BCUT2D eigenvalue weighted by molar-refractivity contribution is 7.13. The summed E-state index contributed by atoms with van der Waals surface area (Å²) in [5, 5.41) is 5.36. The zero-order valence-electron chi connectivity index (χ0n) is 13.2. The average molecular weight is 331 g/mol. The van der Waals surface area contributed by atoms with Gasteiger partial charge in [-0.05, 0) is 49.5 Å². The SMILES string of the molecule is COc1ccc(C2CCN(CC(=O)Nc3nccs3)CC2)cc1. The van der Waals surface area contributed by atoms with Gasteiger partial charge >= 0.3 is 0 Å². The lowest BCUT2D eigenvalue weighted by Gasteiger charge is -2.31. The molecule has 2 aromatic rings. The summed E-state index contributed by atoms with van der Waals surface area (Å²) in [4.78, 5) is 18.3. The van der Waals surface area contributed by atoms with Crippen LogP contribution in [0.5, 0.6) is 5.75 Å². The number of carbonyl (C=O) groups excluding carboxylic acids is 1. The minimum absolute atomic E-state index is 0.0165. The van der Waals surface area contributed by atoms with E-state index >= 15 is 0 Å². The molecule has 122 valence electrons. The highest BCUT2D eigenvalue weighted by atomic mass is 32.1. The van der Waals surface area contributed by atoms with E-state index in [1.54, 1.807) is 13.3 Å². The fraction of sp³-hybridized carbons (Fsp3) is 0.412. The van der Waals surface area contributed by atoms with E-state index in [1.807, 2.05) is 17.5 Å². The number of benzene rings is 1. The molecule has 0 atom stereocenters. The fourth-order valence-corrected chi connectivity index (χ4v) is 3.49. The first-order chi connectivity index (χ1) is 11.2. The average Bonchev–Trinajstić information content (AvgIpc) is 3.08. The number of piperidine rings is 1. The smallest absolute Gasteiger partial charge is 0.240 e. The maximum Gasteiger partial charge on any atom is 0.240 e. The van der Waals surface area contributed by atoms with Crippen LogP contribution in [-0.4, -0.2) is 42.5 Å². The predicted molar refractivity (Wildman–Crippen MR) is 92.2 cm³/mol. The molecule has 1 aromatic carbocycles. The number of aromatic nitrogens is 1. The van der Waals surface area contributed by atoms with Gasteiger partial charge in [-0.2, -0.15) is 0 Å². The fourth-order valence-electron chi connectivity index (χ4n) is 2.95. The predicted octanol–water partition coefficient (Wildman–Crippen LogP) is 2.97. The summed E-state index contributed by atoms with van der Waals surface area (Å²) < 4.78 is 5.20. The van der Waals surface area contributed by atoms with Crippen molar-refractivity contribution in [2.45, 2.75) is 18.8 Å². The first-order valence-corrected chi connectivity index (χ1v) is 8.68. The highest BCUT2D eigenvalue weighted by Gasteiger charge is 2.22. The van der Waals surface area contributed by atoms with Gasteiger partial charge in [-0.1, -0.05) is 12.1 Å². The molecule has 0 saturated carbocycles. The number of carbonyl (C=O) groups is 1. The van der Waals surface area contributed by atoms with Crippen LogP contribution in [0, 0.1) is 0 Å². The standard InChI is InChI=1S/C17H21N3O2S/c1-22-15-4-2-13(3-5-15)14-6-9-20(10-7-14)12-16(21)19-17-18-8-11-23-17/h2-5,8,11,14H,6-7,9-10,12H2,1H3,(H,18,19,21). The molecule has 0 unspecified atom stereocenters. The number of amides is 1. The van der Waals surface area contributed by atoms with Crippen molar-refractivity contribution in [3.63, 3.8) is 0 Å². The van der Waals surface area contributed by atoms with E-state index in [1.165, 1.54) is 16.9 Å². The quantitative estimate of drug-likeness (QED) is 0.915. The van der Waals surface area contributed by atoms with Crippen molar-refractivity contribution in [1.29, 1.82) is 0 Å². The first kappa shape index (κ1) is 16.0. The number of methoxy groups -OCH3 is 1. The van der Waals surface area contributed by atoms with E-state index in [2.05, 4.69) is 27.3 Å². The van der Waals surface area contributed by atoms with Crippen molar-refractivity contribution < 1.29 is 9.53 Å². The molecule has 6 heteroatoms. The van der Waals surface area contributed by atoms with Crippen LogP contribution in [-0.2, 0) is 4.79 Å². The van der Waals surface area contributed by atoms with Gasteiger partial charge < -0.3 is 10.1 Å². The Labute approximate surface area is 140 Å². The summed E-state index contributed by atoms with van der Waals surface area (Å²) >= 11 is 1.44. The van der Waals surface area contributed by atoms with Gasteiger partial charge in [0, 0.05) is 11.6 Å². The molecule has 1 N–H and O–H groups in total. The second-order valence-corrected chi connectivity index (χ2v) is 6.60. The summed E-state index contributed by atoms with van der Waals surface area (Å²) in [7, 11) is 1.68. The molecule has 0 spiro atoms. The maximum absolute atomic E-state index is 12.0. The molecule has 0 radical (unpaired) electrons. The summed E-state index contributed by atoms with van der Waals surface area (Å²) in [5.41, 5.74) is 1.36. The lowest BCUT2D eigenvalue weighted by molar-refractivity contribution is -0.117. The number of nitrogens with one attached hydrogen (secondary N) is 1. The topological polar surface area (TPSA) is 54.5 Å². The largest absolute Gasteiger partial charge is 0.497 e. The summed E-state index contributed by atoms with van der Waals surface area (Å²) in [5.74, 6) is 1.48. The van der Waals surface area contributed by atoms with Gasteiger partial charge in [-0.15, -0.1) is 11.3 Å². The van der Waals surface area contributed by atoms with Gasteiger partial charge in [0.15, 0.2) is 5.13 Å². The van der Waals surface area contributed by atoms with Crippen molar-refractivity contribution in [3.8, 4) is 5.75 Å². The van der Waals surface area contributed by atoms with Crippen LogP contribution in [0.3, 0.4) is 0 Å². The van der Waals surface area contributed by atoms with Gasteiger partial charge in [-0.25, -0.2) is 4.98 Å². The number of hydrogen-bond donors (Lipinski definition) is 1. The van der Waals surface area contributed by atoms with Crippen molar-refractivity contribution >= 4 is 22.4 Å². The Bertz CT molecular complexity index is 620. The third-order valence-corrected chi connectivity index (χ3v) is 4.91. The Balaban J connectivity index is 1.47. The molecule has 1 saturated heterocycles. The Morgan fingerprint density at radius 2 is 2.09 bits per heavy atom. The number of likely N-dealkylation sites (tertiary alicyclic amines) is 1. The molecule has 5 nitrogen and oxygen atoms in total. The number of rotatable bonds is 5. The monoisotopic (exact) mass is 331 g/mol. The zero-order chi connectivity index (χ0) is 16.1. The maximum atomic E-state index is 12.0. The molecular weight excluding hydrogens is 310 g/mol. The molecule has 23 heavy (non-hydrogen) atoms. The number of ether oxygens (including phenoxy) is 1. The lowest BCUT2D eigenvalue weighted by atomic mass is 9.89. The van der Waals surface area contributed by atoms with Crippen LogP contribution in [0.4, 0.5) is 5.13 Å². The molecular formula is C17H21N3O2S.